The topological polar surface area (TPSA) is 34.1 Å². The van der Waals surface area contributed by atoms with E-state index in [0.717, 1.165) is 17.1 Å². The molecule has 1 heterocycles. The fourth-order valence-corrected chi connectivity index (χ4v) is 2.09. The van der Waals surface area contributed by atoms with Crippen LogP contribution in [0.1, 0.15) is 31.0 Å². The highest BCUT2D eigenvalue weighted by atomic mass is 32.1. The first-order chi connectivity index (χ1) is 8.90. The number of rotatable bonds is 8. The van der Waals surface area contributed by atoms with Gasteiger partial charge in [0.15, 0.2) is 0 Å². The molecule has 0 aliphatic heterocycles. The summed E-state index contributed by atoms with van der Waals surface area (Å²) in [6.07, 6.45) is -2.79. The summed E-state index contributed by atoms with van der Waals surface area (Å²) in [5.74, 6) is 0. The minimum atomic E-state index is -4.26. The van der Waals surface area contributed by atoms with Crippen molar-refractivity contribution in [1.29, 1.82) is 0 Å². The molecule has 0 aliphatic rings. The lowest BCUT2D eigenvalue weighted by Crippen LogP contribution is -2.24. The van der Waals surface area contributed by atoms with Crippen LogP contribution in [0, 0.1) is 0 Å². The second-order valence-corrected chi connectivity index (χ2v) is 5.28. The Labute approximate surface area is 115 Å². The van der Waals surface area contributed by atoms with E-state index in [1.807, 2.05) is 5.38 Å². The molecule has 0 amide bonds. The summed E-state index contributed by atoms with van der Waals surface area (Å²) in [6.45, 7) is 3.74. The van der Waals surface area contributed by atoms with E-state index in [0.29, 0.717) is 19.0 Å². The van der Waals surface area contributed by atoms with E-state index in [9.17, 15) is 13.2 Å². The van der Waals surface area contributed by atoms with Crippen LogP contribution in [-0.4, -0.2) is 30.4 Å². The van der Waals surface area contributed by atoms with Crippen molar-refractivity contribution in [3.63, 3.8) is 0 Å². The fraction of sp³-hybridized carbons (Fsp3) is 0.750. The van der Waals surface area contributed by atoms with Crippen molar-refractivity contribution in [3.05, 3.63) is 16.1 Å². The molecule has 0 bridgehead atoms. The molecule has 19 heavy (non-hydrogen) atoms. The molecule has 0 aromatic carbocycles. The zero-order chi connectivity index (χ0) is 14.3. The average molecular weight is 296 g/mol. The first-order valence-electron chi connectivity index (χ1n) is 6.22. The van der Waals surface area contributed by atoms with Gasteiger partial charge >= 0.3 is 6.18 Å². The Morgan fingerprint density at radius 2 is 2.21 bits per heavy atom. The number of thiazole rings is 1. The Morgan fingerprint density at radius 3 is 2.84 bits per heavy atom. The lowest BCUT2D eigenvalue weighted by molar-refractivity contribution is -0.173. The normalized spacial score (nSPS) is 13.7. The minimum Gasteiger partial charge on any atom is -0.372 e. The number of ether oxygens (including phenoxy) is 1. The maximum absolute atomic E-state index is 11.8. The van der Waals surface area contributed by atoms with Crippen molar-refractivity contribution < 1.29 is 17.9 Å². The SMILES string of the molecule is CCC(C)NCc1csc(CCOCC(F)(F)F)n1. The third kappa shape index (κ3) is 7.49. The van der Waals surface area contributed by atoms with Crippen LogP contribution in [0.5, 0.6) is 0 Å². The van der Waals surface area contributed by atoms with Gasteiger partial charge in [0.2, 0.25) is 0 Å². The molecule has 1 N–H and O–H groups in total. The second-order valence-electron chi connectivity index (χ2n) is 4.34. The molecule has 0 saturated carbocycles. The highest BCUT2D eigenvalue weighted by Gasteiger charge is 2.27. The molecule has 1 unspecified atom stereocenters. The van der Waals surface area contributed by atoms with Crippen molar-refractivity contribution in [3.8, 4) is 0 Å². The fourth-order valence-electron chi connectivity index (χ4n) is 1.32. The predicted octanol–water partition coefficient (Wildman–Crippen LogP) is 3.15. The standard InChI is InChI=1S/C12H19F3N2OS/c1-3-9(2)16-6-10-7-19-11(17-10)4-5-18-8-12(13,14)15/h7,9,16H,3-6,8H2,1-2H3. The van der Waals surface area contributed by atoms with Gasteiger partial charge in [0, 0.05) is 24.4 Å². The molecule has 0 saturated heterocycles. The van der Waals surface area contributed by atoms with Gasteiger partial charge < -0.3 is 10.1 Å². The largest absolute Gasteiger partial charge is 0.411 e. The van der Waals surface area contributed by atoms with E-state index < -0.39 is 12.8 Å². The summed E-state index contributed by atoms with van der Waals surface area (Å²) < 4.78 is 40.1. The predicted molar refractivity (Wildman–Crippen MR) is 69.3 cm³/mol. The molecule has 0 spiro atoms. The van der Waals surface area contributed by atoms with Crippen molar-refractivity contribution in [1.82, 2.24) is 10.3 Å². The highest BCUT2D eigenvalue weighted by molar-refractivity contribution is 7.09. The molecule has 1 aromatic heterocycles. The molecule has 1 aromatic rings. The van der Waals surface area contributed by atoms with Crippen LogP contribution in [0.3, 0.4) is 0 Å². The highest BCUT2D eigenvalue weighted by Crippen LogP contribution is 2.15. The summed E-state index contributed by atoms with van der Waals surface area (Å²) in [5.41, 5.74) is 0.927. The van der Waals surface area contributed by atoms with Crippen LogP contribution >= 0.6 is 11.3 Å². The summed E-state index contributed by atoms with van der Waals surface area (Å²) in [7, 11) is 0. The zero-order valence-electron chi connectivity index (χ0n) is 11.1. The molecule has 0 aliphatic carbocycles. The van der Waals surface area contributed by atoms with Gasteiger partial charge in [0.1, 0.15) is 6.61 Å². The van der Waals surface area contributed by atoms with Crippen LogP contribution in [0.25, 0.3) is 0 Å². The summed E-state index contributed by atoms with van der Waals surface area (Å²) >= 11 is 1.45. The molecule has 1 rings (SSSR count). The Balaban J connectivity index is 2.23. The molecule has 7 heteroatoms. The Kier molecular flexibility index (Phi) is 6.74. The molecule has 0 fully saturated rings. The second kappa shape index (κ2) is 7.81. The van der Waals surface area contributed by atoms with Gasteiger partial charge in [-0.15, -0.1) is 11.3 Å². The number of nitrogens with zero attached hydrogens (tertiary/aromatic N) is 1. The summed E-state index contributed by atoms with van der Waals surface area (Å²) in [4.78, 5) is 4.35. The van der Waals surface area contributed by atoms with Gasteiger partial charge in [-0.3, -0.25) is 0 Å². The van der Waals surface area contributed by atoms with Crippen molar-refractivity contribution in [2.24, 2.45) is 0 Å². The minimum absolute atomic E-state index is 0.0469. The molecule has 110 valence electrons. The van der Waals surface area contributed by atoms with Crippen LogP contribution in [0.2, 0.25) is 0 Å². The molecular formula is C12H19F3N2OS. The van der Waals surface area contributed by atoms with Crippen molar-refractivity contribution in [2.45, 2.75) is 45.5 Å². The van der Waals surface area contributed by atoms with Gasteiger partial charge in [-0.25, -0.2) is 4.98 Å². The molecule has 1 atom stereocenters. The van der Waals surface area contributed by atoms with Crippen LogP contribution < -0.4 is 5.32 Å². The van der Waals surface area contributed by atoms with E-state index in [2.05, 4.69) is 28.9 Å². The van der Waals surface area contributed by atoms with Gasteiger partial charge in [-0.05, 0) is 13.3 Å². The number of hydrogen-bond donors (Lipinski definition) is 1. The lowest BCUT2D eigenvalue weighted by atomic mass is 10.2. The van der Waals surface area contributed by atoms with Gasteiger partial charge in [0.25, 0.3) is 0 Å². The maximum atomic E-state index is 11.8. The van der Waals surface area contributed by atoms with Crippen molar-refractivity contribution >= 4 is 11.3 Å². The van der Waals surface area contributed by atoms with Crippen LogP contribution in [0.15, 0.2) is 5.38 Å². The first kappa shape index (κ1) is 16.4. The van der Waals surface area contributed by atoms with Gasteiger partial charge in [-0.2, -0.15) is 13.2 Å². The monoisotopic (exact) mass is 296 g/mol. The summed E-state index contributed by atoms with van der Waals surface area (Å²) in [5, 5.41) is 6.05. The Bertz CT molecular complexity index is 368. The Hall–Kier alpha value is -0.660. The number of nitrogens with one attached hydrogen (secondary N) is 1. The average Bonchev–Trinajstić information content (AvgIpc) is 2.78. The van der Waals surface area contributed by atoms with E-state index in [1.54, 1.807) is 0 Å². The summed E-state index contributed by atoms with van der Waals surface area (Å²) in [6, 6.07) is 0.431. The quantitative estimate of drug-likeness (QED) is 0.748. The third-order valence-corrected chi connectivity index (χ3v) is 3.53. The molecular weight excluding hydrogens is 277 g/mol. The lowest BCUT2D eigenvalue weighted by Gasteiger charge is -2.09. The van der Waals surface area contributed by atoms with E-state index in [4.69, 9.17) is 0 Å². The number of alkyl halides is 3. The van der Waals surface area contributed by atoms with Gasteiger partial charge in [-0.1, -0.05) is 6.92 Å². The van der Waals surface area contributed by atoms with E-state index in [-0.39, 0.29) is 6.61 Å². The smallest absolute Gasteiger partial charge is 0.372 e. The molecule has 3 nitrogen and oxygen atoms in total. The van der Waals surface area contributed by atoms with Crippen molar-refractivity contribution in [2.75, 3.05) is 13.2 Å². The Morgan fingerprint density at radius 1 is 1.47 bits per heavy atom. The molecule has 0 radical (unpaired) electrons. The van der Waals surface area contributed by atoms with E-state index in [1.165, 1.54) is 11.3 Å². The van der Waals surface area contributed by atoms with Crippen LogP contribution in [-0.2, 0) is 17.7 Å². The number of halogens is 3. The maximum Gasteiger partial charge on any atom is 0.411 e. The van der Waals surface area contributed by atoms with Crippen LogP contribution in [0.4, 0.5) is 13.2 Å². The van der Waals surface area contributed by atoms with Gasteiger partial charge in [0.05, 0.1) is 17.3 Å². The number of hydrogen-bond acceptors (Lipinski definition) is 4. The zero-order valence-corrected chi connectivity index (χ0v) is 11.9. The number of aromatic nitrogens is 1. The third-order valence-electron chi connectivity index (χ3n) is 2.57. The van der Waals surface area contributed by atoms with E-state index >= 15 is 0 Å². The first-order valence-corrected chi connectivity index (χ1v) is 7.10.